The monoisotopic (exact) mass is 385 g/mol. The molecule has 2 aromatic rings. The number of hydrogen-bond acceptors (Lipinski definition) is 4. The van der Waals surface area contributed by atoms with E-state index in [4.69, 9.17) is 0 Å². The maximum Gasteiger partial charge on any atom is 0.216 e. The average Bonchev–Trinajstić information content (AvgIpc) is 3.12. The first-order valence-corrected chi connectivity index (χ1v) is 11.1. The topological polar surface area (TPSA) is 43.9 Å². The zero-order valence-corrected chi connectivity index (χ0v) is 16.8. The summed E-state index contributed by atoms with van der Waals surface area (Å²) >= 11 is 0. The van der Waals surface area contributed by atoms with Crippen LogP contribution in [0, 0.1) is 0 Å². The Bertz CT molecular complexity index is 876. The smallest absolute Gasteiger partial charge is 0.216 e. The SMILES string of the molecule is CC(C)S(=O)(=O)N1CCN(c2ccc(N3Cc4ccccc4C3)cc2)CC1. The summed E-state index contributed by atoms with van der Waals surface area (Å²) in [7, 11) is -3.15. The molecule has 144 valence electrons. The van der Waals surface area contributed by atoms with Crippen molar-refractivity contribution in [3.05, 3.63) is 59.7 Å². The van der Waals surface area contributed by atoms with Crippen LogP contribution in [0.3, 0.4) is 0 Å². The first-order valence-electron chi connectivity index (χ1n) is 9.61. The van der Waals surface area contributed by atoms with Gasteiger partial charge in [0, 0.05) is 50.6 Å². The van der Waals surface area contributed by atoms with Crippen LogP contribution in [-0.2, 0) is 23.1 Å². The normalized spacial score (nSPS) is 18.2. The Kier molecular flexibility index (Phi) is 4.86. The van der Waals surface area contributed by atoms with Crippen molar-refractivity contribution < 1.29 is 8.42 Å². The molecule has 0 saturated carbocycles. The van der Waals surface area contributed by atoms with Gasteiger partial charge in [-0.3, -0.25) is 0 Å². The maximum atomic E-state index is 12.3. The summed E-state index contributed by atoms with van der Waals surface area (Å²) in [4.78, 5) is 4.66. The van der Waals surface area contributed by atoms with Crippen molar-refractivity contribution in [1.29, 1.82) is 0 Å². The molecule has 0 N–H and O–H groups in total. The van der Waals surface area contributed by atoms with Crippen molar-refractivity contribution in [2.75, 3.05) is 36.0 Å². The molecule has 0 radical (unpaired) electrons. The summed E-state index contributed by atoms with van der Waals surface area (Å²) in [5, 5.41) is -0.354. The van der Waals surface area contributed by atoms with Crippen LogP contribution >= 0.6 is 0 Å². The zero-order valence-electron chi connectivity index (χ0n) is 16.0. The summed E-state index contributed by atoms with van der Waals surface area (Å²) in [5.41, 5.74) is 5.21. The van der Waals surface area contributed by atoms with E-state index in [1.807, 2.05) is 0 Å². The molecule has 1 saturated heterocycles. The third-order valence-electron chi connectivity index (χ3n) is 5.62. The van der Waals surface area contributed by atoms with Crippen LogP contribution in [0.4, 0.5) is 11.4 Å². The molecule has 4 rings (SSSR count). The van der Waals surface area contributed by atoms with Gasteiger partial charge in [0.25, 0.3) is 0 Å². The number of nitrogens with zero attached hydrogens (tertiary/aromatic N) is 3. The molecule has 0 bridgehead atoms. The summed E-state index contributed by atoms with van der Waals surface area (Å²) in [6, 6.07) is 17.3. The summed E-state index contributed by atoms with van der Waals surface area (Å²) in [6.07, 6.45) is 0. The third-order valence-corrected chi connectivity index (χ3v) is 7.89. The molecule has 2 aliphatic heterocycles. The minimum Gasteiger partial charge on any atom is -0.369 e. The highest BCUT2D eigenvalue weighted by molar-refractivity contribution is 7.89. The second kappa shape index (κ2) is 7.17. The molecule has 0 aliphatic carbocycles. The van der Waals surface area contributed by atoms with Gasteiger partial charge in [-0.05, 0) is 49.2 Å². The lowest BCUT2D eigenvalue weighted by molar-refractivity contribution is 0.381. The Hall–Kier alpha value is -2.05. The molecule has 6 heteroatoms. The highest BCUT2D eigenvalue weighted by Crippen LogP contribution is 2.30. The van der Waals surface area contributed by atoms with E-state index >= 15 is 0 Å². The first kappa shape index (κ1) is 18.3. The Morgan fingerprint density at radius 2 is 1.22 bits per heavy atom. The molecule has 27 heavy (non-hydrogen) atoms. The van der Waals surface area contributed by atoms with Gasteiger partial charge in [0.15, 0.2) is 0 Å². The van der Waals surface area contributed by atoms with E-state index in [1.54, 1.807) is 18.2 Å². The van der Waals surface area contributed by atoms with Gasteiger partial charge < -0.3 is 9.80 Å². The number of fused-ring (bicyclic) bond motifs is 1. The highest BCUT2D eigenvalue weighted by atomic mass is 32.2. The van der Waals surface area contributed by atoms with Gasteiger partial charge in [-0.25, -0.2) is 8.42 Å². The molecule has 2 heterocycles. The molecule has 2 aromatic carbocycles. The molecule has 0 aromatic heterocycles. The molecule has 0 atom stereocenters. The third kappa shape index (κ3) is 3.56. The number of benzene rings is 2. The summed E-state index contributed by atoms with van der Waals surface area (Å²) < 4.78 is 26.3. The lowest BCUT2D eigenvalue weighted by Crippen LogP contribution is -2.50. The number of anilines is 2. The zero-order chi connectivity index (χ0) is 19.0. The fourth-order valence-electron chi connectivity index (χ4n) is 3.89. The molecule has 0 spiro atoms. The van der Waals surface area contributed by atoms with Crippen molar-refractivity contribution in [2.45, 2.75) is 32.2 Å². The number of rotatable bonds is 4. The van der Waals surface area contributed by atoms with Crippen molar-refractivity contribution in [3.63, 3.8) is 0 Å². The molecule has 0 unspecified atom stereocenters. The molecular formula is C21H27N3O2S. The second-order valence-electron chi connectivity index (χ2n) is 7.62. The van der Waals surface area contributed by atoms with E-state index in [1.165, 1.54) is 16.8 Å². The average molecular weight is 386 g/mol. The summed E-state index contributed by atoms with van der Waals surface area (Å²) in [5.74, 6) is 0. The minimum absolute atomic E-state index is 0.354. The molecule has 0 amide bonds. The van der Waals surface area contributed by atoms with Crippen LogP contribution in [0.25, 0.3) is 0 Å². The fourth-order valence-corrected chi connectivity index (χ4v) is 5.16. The van der Waals surface area contributed by atoms with E-state index in [2.05, 4.69) is 58.3 Å². The van der Waals surface area contributed by atoms with Gasteiger partial charge in [-0.15, -0.1) is 0 Å². The second-order valence-corrected chi connectivity index (χ2v) is 10.1. The molecular weight excluding hydrogens is 358 g/mol. The number of sulfonamides is 1. The predicted octanol–water partition coefficient (Wildman–Crippen LogP) is 3.07. The Morgan fingerprint density at radius 3 is 1.70 bits per heavy atom. The number of hydrogen-bond donors (Lipinski definition) is 0. The van der Waals surface area contributed by atoms with Gasteiger partial charge in [0.1, 0.15) is 0 Å². The van der Waals surface area contributed by atoms with E-state index < -0.39 is 10.0 Å². The van der Waals surface area contributed by atoms with Crippen LogP contribution in [0.1, 0.15) is 25.0 Å². The van der Waals surface area contributed by atoms with Crippen molar-refractivity contribution in [2.24, 2.45) is 0 Å². The Balaban J connectivity index is 1.40. The van der Waals surface area contributed by atoms with E-state index in [9.17, 15) is 8.42 Å². The van der Waals surface area contributed by atoms with Gasteiger partial charge in [0.2, 0.25) is 10.0 Å². The number of piperazine rings is 1. The standard InChI is InChI=1S/C21H27N3O2S/c1-17(2)27(25,26)24-13-11-22(12-14-24)20-7-9-21(10-8-20)23-15-18-5-3-4-6-19(18)16-23/h3-10,17H,11-16H2,1-2H3. The fraction of sp³-hybridized carbons (Fsp3) is 0.429. The molecule has 1 fully saturated rings. The lowest BCUT2D eigenvalue weighted by atomic mass is 10.1. The Labute approximate surface area is 162 Å². The first-order chi connectivity index (χ1) is 12.9. The van der Waals surface area contributed by atoms with E-state index in [0.29, 0.717) is 13.1 Å². The Morgan fingerprint density at radius 1 is 0.741 bits per heavy atom. The predicted molar refractivity (Wildman–Crippen MR) is 111 cm³/mol. The van der Waals surface area contributed by atoms with Crippen LogP contribution in [0.2, 0.25) is 0 Å². The van der Waals surface area contributed by atoms with Gasteiger partial charge in [-0.2, -0.15) is 4.31 Å². The van der Waals surface area contributed by atoms with Crippen LogP contribution in [0.5, 0.6) is 0 Å². The van der Waals surface area contributed by atoms with Gasteiger partial charge in [0.05, 0.1) is 5.25 Å². The van der Waals surface area contributed by atoms with E-state index in [0.717, 1.165) is 31.9 Å². The van der Waals surface area contributed by atoms with Crippen LogP contribution < -0.4 is 9.80 Å². The van der Waals surface area contributed by atoms with Crippen LogP contribution in [0.15, 0.2) is 48.5 Å². The van der Waals surface area contributed by atoms with Crippen molar-refractivity contribution in [3.8, 4) is 0 Å². The highest BCUT2D eigenvalue weighted by Gasteiger charge is 2.29. The van der Waals surface area contributed by atoms with E-state index in [-0.39, 0.29) is 5.25 Å². The largest absolute Gasteiger partial charge is 0.369 e. The summed E-state index contributed by atoms with van der Waals surface area (Å²) in [6.45, 7) is 8.00. The maximum absolute atomic E-state index is 12.3. The minimum atomic E-state index is -3.15. The molecule has 2 aliphatic rings. The lowest BCUT2D eigenvalue weighted by Gasteiger charge is -2.36. The van der Waals surface area contributed by atoms with Crippen molar-refractivity contribution in [1.82, 2.24) is 4.31 Å². The van der Waals surface area contributed by atoms with Crippen LogP contribution in [-0.4, -0.2) is 44.2 Å². The van der Waals surface area contributed by atoms with Gasteiger partial charge >= 0.3 is 0 Å². The molecule has 5 nitrogen and oxygen atoms in total. The van der Waals surface area contributed by atoms with Gasteiger partial charge in [-0.1, -0.05) is 24.3 Å². The van der Waals surface area contributed by atoms with Crippen molar-refractivity contribution >= 4 is 21.4 Å². The quantitative estimate of drug-likeness (QED) is 0.811.